The number of carbonyl (C=O) groups excluding carboxylic acids is 1. The zero-order chi connectivity index (χ0) is 17.1. The van der Waals surface area contributed by atoms with Gasteiger partial charge in [-0.05, 0) is 43.5 Å². The standard InChI is InChI=1S/C20H26N4O/c25-19(20-11-5-4-6-16(20)14-21-15-20)22-12-9-17-10-13-24(23-17)18-7-2-1-3-8-18/h1-3,7-8,10,13,16,21H,4-6,9,11-12,14-15H2,(H,22,25)/t16-,20+/m0/s1. The van der Waals surface area contributed by atoms with Gasteiger partial charge in [0.25, 0.3) is 0 Å². The molecule has 1 aromatic carbocycles. The molecule has 1 amide bonds. The average Bonchev–Trinajstić information content (AvgIpc) is 3.30. The smallest absolute Gasteiger partial charge is 0.227 e. The molecule has 1 aliphatic heterocycles. The Morgan fingerprint density at radius 3 is 3.04 bits per heavy atom. The summed E-state index contributed by atoms with van der Waals surface area (Å²) in [4.78, 5) is 12.8. The van der Waals surface area contributed by atoms with Crippen LogP contribution in [0.4, 0.5) is 0 Å². The van der Waals surface area contributed by atoms with Gasteiger partial charge in [-0.3, -0.25) is 4.79 Å². The Morgan fingerprint density at radius 2 is 2.16 bits per heavy atom. The van der Waals surface area contributed by atoms with E-state index in [1.807, 2.05) is 47.3 Å². The number of hydrogen-bond donors (Lipinski definition) is 2. The molecule has 0 bridgehead atoms. The molecule has 2 fully saturated rings. The first-order valence-corrected chi connectivity index (χ1v) is 9.37. The number of nitrogens with one attached hydrogen (secondary N) is 2. The molecule has 0 spiro atoms. The second kappa shape index (κ2) is 7.00. The maximum Gasteiger partial charge on any atom is 0.227 e. The van der Waals surface area contributed by atoms with Crippen molar-refractivity contribution >= 4 is 5.91 Å². The van der Waals surface area contributed by atoms with Crippen molar-refractivity contribution in [1.29, 1.82) is 0 Å². The van der Waals surface area contributed by atoms with Gasteiger partial charge in [-0.15, -0.1) is 0 Å². The van der Waals surface area contributed by atoms with Gasteiger partial charge >= 0.3 is 0 Å². The number of aromatic nitrogens is 2. The van der Waals surface area contributed by atoms with Crippen LogP contribution in [-0.2, 0) is 11.2 Å². The minimum absolute atomic E-state index is 0.165. The number of benzene rings is 1. The molecule has 0 unspecified atom stereocenters. The van der Waals surface area contributed by atoms with E-state index in [1.165, 1.54) is 19.3 Å². The van der Waals surface area contributed by atoms with Crippen LogP contribution in [0.5, 0.6) is 0 Å². The van der Waals surface area contributed by atoms with E-state index in [1.54, 1.807) is 0 Å². The zero-order valence-corrected chi connectivity index (χ0v) is 14.6. The van der Waals surface area contributed by atoms with Crippen molar-refractivity contribution < 1.29 is 4.79 Å². The maximum absolute atomic E-state index is 12.8. The molecule has 2 atom stereocenters. The number of fused-ring (bicyclic) bond motifs is 1. The highest BCUT2D eigenvalue weighted by atomic mass is 16.2. The van der Waals surface area contributed by atoms with Crippen molar-refractivity contribution in [2.45, 2.75) is 32.1 Å². The topological polar surface area (TPSA) is 59.0 Å². The summed E-state index contributed by atoms with van der Waals surface area (Å²) < 4.78 is 1.88. The Hall–Kier alpha value is -2.14. The van der Waals surface area contributed by atoms with E-state index < -0.39 is 0 Å². The summed E-state index contributed by atoms with van der Waals surface area (Å²) in [7, 11) is 0. The van der Waals surface area contributed by atoms with E-state index in [-0.39, 0.29) is 11.3 Å². The van der Waals surface area contributed by atoms with Crippen LogP contribution in [0, 0.1) is 11.3 Å². The zero-order valence-electron chi connectivity index (χ0n) is 14.6. The molecule has 2 aliphatic rings. The first-order valence-electron chi connectivity index (χ1n) is 9.37. The predicted molar refractivity (Wildman–Crippen MR) is 97.5 cm³/mol. The summed E-state index contributed by atoms with van der Waals surface area (Å²) in [6.07, 6.45) is 7.38. The Bertz CT molecular complexity index is 726. The highest BCUT2D eigenvalue weighted by Crippen LogP contribution is 2.43. The van der Waals surface area contributed by atoms with Crippen LogP contribution in [0.2, 0.25) is 0 Å². The minimum Gasteiger partial charge on any atom is -0.355 e. The van der Waals surface area contributed by atoms with E-state index >= 15 is 0 Å². The summed E-state index contributed by atoms with van der Waals surface area (Å²) in [6.45, 7) is 2.49. The second-order valence-electron chi connectivity index (χ2n) is 7.32. The Balaban J connectivity index is 1.34. The molecule has 132 valence electrons. The van der Waals surface area contributed by atoms with Crippen LogP contribution in [0.15, 0.2) is 42.6 Å². The lowest BCUT2D eigenvalue weighted by atomic mass is 9.67. The number of rotatable bonds is 5. The summed E-state index contributed by atoms with van der Waals surface area (Å²) in [5, 5.41) is 11.2. The van der Waals surface area contributed by atoms with E-state index in [4.69, 9.17) is 0 Å². The van der Waals surface area contributed by atoms with Crippen LogP contribution in [0.25, 0.3) is 5.69 Å². The van der Waals surface area contributed by atoms with Gasteiger partial charge in [0.15, 0.2) is 0 Å². The average molecular weight is 338 g/mol. The highest BCUT2D eigenvalue weighted by Gasteiger charge is 2.49. The second-order valence-corrected chi connectivity index (χ2v) is 7.32. The Kier molecular flexibility index (Phi) is 4.57. The molecule has 5 nitrogen and oxygen atoms in total. The lowest BCUT2D eigenvalue weighted by molar-refractivity contribution is -0.133. The molecule has 1 saturated heterocycles. The summed E-state index contributed by atoms with van der Waals surface area (Å²) >= 11 is 0. The monoisotopic (exact) mass is 338 g/mol. The molecule has 2 N–H and O–H groups in total. The van der Waals surface area contributed by atoms with Gasteiger partial charge in [-0.1, -0.05) is 31.0 Å². The van der Waals surface area contributed by atoms with Gasteiger partial charge in [-0.25, -0.2) is 4.68 Å². The lowest BCUT2D eigenvalue weighted by Gasteiger charge is -2.37. The SMILES string of the molecule is O=C(NCCc1ccn(-c2ccccc2)n1)[C@@]12CCCC[C@H]1CNC2. The van der Waals surface area contributed by atoms with Crippen molar-refractivity contribution in [3.63, 3.8) is 0 Å². The van der Waals surface area contributed by atoms with E-state index in [9.17, 15) is 4.79 Å². The van der Waals surface area contributed by atoms with E-state index in [2.05, 4.69) is 15.7 Å². The molecule has 5 heteroatoms. The molecule has 1 saturated carbocycles. The number of carbonyl (C=O) groups is 1. The summed E-state index contributed by atoms with van der Waals surface area (Å²) in [5.41, 5.74) is 1.90. The molecule has 4 rings (SSSR count). The van der Waals surface area contributed by atoms with Crippen molar-refractivity contribution in [3.8, 4) is 5.69 Å². The van der Waals surface area contributed by atoms with Crippen LogP contribution in [0.3, 0.4) is 0 Å². The molecule has 25 heavy (non-hydrogen) atoms. The first kappa shape index (κ1) is 16.3. The quantitative estimate of drug-likeness (QED) is 0.879. The van der Waals surface area contributed by atoms with Crippen molar-refractivity contribution in [2.24, 2.45) is 11.3 Å². The maximum atomic E-state index is 12.8. The molecule has 1 aliphatic carbocycles. The van der Waals surface area contributed by atoms with Gasteiger partial charge in [0, 0.05) is 25.7 Å². The van der Waals surface area contributed by atoms with Gasteiger partial charge < -0.3 is 10.6 Å². The third-order valence-electron chi connectivity index (χ3n) is 5.82. The Morgan fingerprint density at radius 1 is 1.28 bits per heavy atom. The van der Waals surface area contributed by atoms with Gasteiger partial charge in [0.2, 0.25) is 5.91 Å². The molecular formula is C20H26N4O. The summed E-state index contributed by atoms with van der Waals surface area (Å²) in [6, 6.07) is 12.1. The van der Waals surface area contributed by atoms with Crippen molar-refractivity contribution in [1.82, 2.24) is 20.4 Å². The van der Waals surface area contributed by atoms with Crippen LogP contribution in [-0.4, -0.2) is 35.3 Å². The van der Waals surface area contributed by atoms with Gasteiger partial charge in [0.05, 0.1) is 16.8 Å². The van der Waals surface area contributed by atoms with Crippen LogP contribution < -0.4 is 10.6 Å². The van der Waals surface area contributed by atoms with Crippen LogP contribution >= 0.6 is 0 Å². The largest absolute Gasteiger partial charge is 0.355 e. The number of para-hydroxylation sites is 1. The summed E-state index contributed by atoms with van der Waals surface area (Å²) in [5.74, 6) is 0.753. The minimum atomic E-state index is -0.165. The molecule has 2 heterocycles. The normalized spacial score (nSPS) is 25.5. The predicted octanol–water partition coefficient (Wildman–Crippen LogP) is 2.31. The van der Waals surface area contributed by atoms with E-state index in [0.29, 0.717) is 12.5 Å². The van der Waals surface area contributed by atoms with Crippen LogP contribution in [0.1, 0.15) is 31.4 Å². The van der Waals surface area contributed by atoms with Gasteiger partial charge in [-0.2, -0.15) is 5.10 Å². The third kappa shape index (κ3) is 3.21. The molecular weight excluding hydrogens is 312 g/mol. The number of hydrogen-bond acceptors (Lipinski definition) is 3. The fourth-order valence-corrected chi connectivity index (χ4v) is 4.39. The first-order chi connectivity index (χ1) is 12.3. The van der Waals surface area contributed by atoms with Gasteiger partial charge in [0.1, 0.15) is 0 Å². The van der Waals surface area contributed by atoms with Crippen molar-refractivity contribution in [2.75, 3.05) is 19.6 Å². The number of amides is 1. The fourth-order valence-electron chi connectivity index (χ4n) is 4.39. The lowest BCUT2D eigenvalue weighted by Crippen LogP contribution is -2.48. The molecule has 0 radical (unpaired) electrons. The molecule has 1 aromatic heterocycles. The Labute approximate surface area is 148 Å². The highest BCUT2D eigenvalue weighted by molar-refractivity contribution is 5.83. The van der Waals surface area contributed by atoms with Crippen molar-refractivity contribution in [3.05, 3.63) is 48.3 Å². The van der Waals surface area contributed by atoms with E-state index in [0.717, 1.165) is 37.3 Å². The molecule has 2 aromatic rings. The third-order valence-corrected chi connectivity index (χ3v) is 5.82. The fraction of sp³-hybridized carbons (Fsp3) is 0.500. The number of nitrogens with zero attached hydrogens (tertiary/aromatic N) is 2.